The van der Waals surface area contributed by atoms with Crippen molar-refractivity contribution in [3.8, 4) is 5.75 Å². The van der Waals surface area contributed by atoms with Gasteiger partial charge in [-0.2, -0.15) is 0 Å². The van der Waals surface area contributed by atoms with Crippen LogP contribution in [0.1, 0.15) is 64.5 Å². The molecular weight excluding hydrogens is 449 g/mol. The molecule has 0 saturated heterocycles. The average molecular weight is 485 g/mol. The number of anilines is 3. The third kappa shape index (κ3) is 5.34. The first-order valence-corrected chi connectivity index (χ1v) is 12.6. The van der Waals surface area contributed by atoms with Crippen LogP contribution in [0.2, 0.25) is 0 Å². The first kappa shape index (κ1) is 25.5. The lowest BCUT2D eigenvalue weighted by Crippen LogP contribution is -2.17. The average Bonchev–Trinajstić information content (AvgIpc) is 2.88. The Bertz CT molecular complexity index is 961. The first-order chi connectivity index (χ1) is 15.8. The summed E-state index contributed by atoms with van der Waals surface area (Å²) >= 11 is 13.8. The van der Waals surface area contributed by atoms with Crippen LogP contribution in [0.4, 0.5) is 17.1 Å². The van der Waals surface area contributed by atoms with E-state index in [0.717, 1.165) is 59.6 Å². The molecule has 0 aliphatic heterocycles. The topological polar surface area (TPSA) is 12.5 Å². The second kappa shape index (κ2) is 10.8. The minimum atomic E-state index is -0.328. The molecule has 0 aliphatic carbocycles. The van der Waals surface area contributed by atoms with Gasteiger partial charge in [-0.15, -0.1) is 23.2 Å². The monoisotopic (exact) mass is 483 g/mol. The number of ether oxygens (including phenoxy) is 1. The van der Waals surface area contributed by atoms with Crippen LogP contribution in [0.25, 0.3) is 0 Å². The highest BCUT2D eigenvalue weighted by Gasteiger charge is 2.27. The Labute approximate surface area is 209 Å². The molecule has 0 unspecified atom stereocenters. The molecular formula is C29H35Cl2NO. The Morgan fingerprint density at radius 3 is 1.42 bits per heavy atom. The van der Waals surface area contributed by atoms with E-state index >= 15 is 0 Å². The standard InChI is InChI=1S/C29H35Cl2NO/c1-6-28(30,7-2)22-13-17-24(18-14-22)32(26-11-10-12-27(21-26)33-5)25-19-15-23(16-20-25)29(31,8-3)9-4/h10-21H,6-9H2,1-5H3. The maximum atomic E-state index is 6.88. The molecule has 3 rings (SSSR count). The fourth-order valence-electron chi connectivity index (χ4n) is 4.33. The van der Waals surface area contributed by atoms with Crippen LogP contribution in [0, 0.1) is 0 Å². The molecule has 176 valence electrons. The number of methoxy groups -OCH3 is 1. The zero-order chi connectivity index (χ0) is 24.1. The number of benzene rings is 3. The lowest BCUT2D eigenvalue weighted by atomic mass is 9.92. The minimum absolute atomic E-state index is 0.328. The molecule has 0 saturated carbocycles. The van der Waals surface area contributed by atoms with E-state index in [4.69, 9.17) is 27.9 Å². The van der Waals surface area contributed by atoms with Crippen molar-refractivity contribution in [1.29, 1.82) is 0 Å². The summed E-state index contributed by atoms with van der Waals surface area (Å²) in [6.07, 6.45) is 3.56. The molecule has 33 heavy (non-hydrogen) atoms. The second-order valence-corrected chi connectivity index (χ2v) is 9.92. The van der Waals surface area contributed by atoms with Gasteiger partial charge in [0.25, 0.3) is 0 Å². The van der Waals surface area contributed by atoms with Crippen LogP contribution >= 0.6 is 23.2 Å². The molecule has 0 radical (unpaired) electrons. The van der Waals surface area contributed by atoms with E-state index in [0.29, 0.717) is 0 Å². The number of rotatable bonds is 10. The summed E-state index contributed by atoms with van der Waals surface area (Å²) in [5.74, 6) is 0.819. The summed E-state index contributed by atoms with van der Waals surface area (Å²) < 4.78 is 5.50. The molecule has 0 aliphatic rings. The van der Waals surface area contributed by atoms with Crippen LogP contribution in [-0.2, 0) is 9.75 Å². The fourth-order valence-corrected chi connectivity index (χ4v) is 4.58. The van der Waals surface area contributed by atoms with Gasteiger partial charge in [0.2, 0.25) is 0 Å². The van der Waals surface area contributed by atoms with Crippen molar-refractivity contribution in [3.05, 3.63) is 83.9 Å². The Morgan fingerprint density at radius 1 is 0.636 bits per heavy atom. The van der Waals surface area contributed by atoms with Gasteiger partial charge in [0.15, 0.2) is 0 Å². The molecule has 0 aromatic heterocycles. The van der Waals surface area contributed by atoms with Gasteiger partial charge in [-0.3, -0.25) is 0 Å². The summed E-state index contributed by atoms with van der Waals surface area (Å²) in [6, 6.07) is 25.3. The minimum Gasteiger partial charge on any atom is -0.497 e. The van der Waals surface area contributed by atoms with Gasteiger partial charge in [-0.05, 0) is 73.2 Å². The van der Waals surface area contributed by atoms with Crippen molar-refractivity contribution in [2.45, 2.75) is 63.1 Å². The molecule has 0 bridgehead atoms. The van der Waals surface area contributed by atoms with Gasteiger partial charge in [0, 0.05) is 23.1 Å². The number of halogens is 2. The fraction of sp³-hybridized carbons (Fsp3) is 0.379. The van der Waals surface area contributed by atoms with Crippen LogP contribution in [0.3, 0.4) is 0 Å². The molecule has 2 nitrogen and oxygen atoms in total. The molecule has 0 N–H and O–H groups in total. The summed E-state index contributed by atoms with van der Waals surface area (Å²) in [5, 5.41) is 0. The molecule has 0 amide bonds. The third-order valence-electron chi connectivity index (χ3n) is 6.84. The lowest BCUT2D eigenvalue weighted by Gasteiger charge is -2.29. The molecule has 0 fully saturated rings. The zero-order valence-corrected chi connectivity index (χ0v) is 21.9. The van der Waals surface area contributed by atoms with E-state index in [1.807, 2.05) is 12.1 Å². The number of hydrogen-bond donors (Lipinski definition) is 0. The van der Waals surface area contributed by atoms with Crippen molar-refractivity contribution < 1.29 is 4.74 Å². The number of nitrogens with zero attached hydrogens (tertiary/aromatic N) is 1. The van der Waals surface area contributed by atoms with Crippen LogP contribution in [0.5, 0.6) is 5.75 Å². The van der Waals surface area contributed by atoms with Gasteiger partial charge in [-0.1, -0.05) is 58.0 Å². The van der Waals surface area contributed by atoms with Gasteiger partial charge in [0.05, 0.1) is 16.9 Å². The van der Waals surface area contributed by atoms with Gasteiger partial charge in [-0.25, -0.2) is 0 Å². The summed E-state index contributed by atoms with van der Waals surface area (Å²) in [4.78, 5) is 1.58. The summed E-state index contributed by atoms with van der Waals surface area (Å²) in [6.45, 7) is 8.55. The lowest BCUT2D eigenvalue weighted by molar-refractivity contribution is 0.415. The van der Waals surface area contributed by atoms with Crippen molar-refractivity contribution in [2.24, 2.45) is 0 Å². The van der Waals surface area contributed by atoms with Crippen molar-refractivity contribution in [1.82, 2.24) is 0 Å². The molecule has 0 atom stereocenters. The Hall–Kier alpha value is -2.16. The first-order valence-electron chi connectivity index (χ1n) is 11.9. The van der Waals surface area contributed by atoms with Crippen molar-refractivity contribution in [2.75, 3.05) is 12.0 Å². The van der Waals surface area contributed by atoms with Crippen molar-refractivity contribution in [3.63, 3.8) is 0 Å². The third-order valence-corrected chi connectivity index (χ3v) is 8.34. The molecule has 0 heterocycles. The molecule has 4 heteroatoms. The van der Waals surface area contributed by atoms with E-state index in [1.54, 1.807) is 7.11 Å². The molecule has 0 spiro atoms. The maximum absolute atomic E-state index is 6.88. The Morgan fingerprint density at radius 2 is 1.06 bits per heavy atom. The SMILES string of the molecule is CCC(Cl)(CC)c1ccc(N(c2ccc(C(Cl)(CC)CC)cc2)c2cccc(OC)c2)cc1. The largest absolute Gasteiger partial charge is 0.497 e. The van der Waals surface area contributed by atoms with Crippen LogP contribution in [0.15, 0.2) is 72.8 Å². The highest BCUT2D eigenvalue weighted by molar-refractivity contribution is 6.24. The molecule has 3 aromatic carbocycles. The zero-order valence-electron chi connectivity index (χ0n) is 20.4. The normalized spacial score (nSPS) is 12.0. The van der Waals surface area contributed by atoms with E-state index in [-0.39, 0.29) is 9.75 Å². The van der Waals surface area contributed by atoms with E-state index in [2.05, 4.69) is 93.3 Å². The Balaban J connectivity index is 2.08. The van der Waals surface area contributed by atoms with E-state index in [1.165, 1.54) is 0 Å². The smallest absolute Gasteiger partial charge is 0.120 e. The summed E-state index contributed by atoms with van der Waals surface area (Å²) in [7, 11) is 1.69. The number of hydrogen-bond acceptors (Lipinski definition) is 2. The predicted octanol–water partition coefficient (Wildman–Crippen LogP) is 9.67. The van der Waals surface area contributed by atoms with Gasteiger partial charge >= 0.3 is 0 Å². The van der Waals surface area contributed by atoms with Crippen molar-refractivity contribution >= 4 is 40.3 Å². The quantitative estimate of drug-likeness (QED) is 0.266. The highest BCUT2D eigenvalue weighted by atomic mass is 35.5. The predicted molar refractivity (Wildman–Crippen MR) is 144 cm³/mol. The highest BCUT2D eigenvalue weighted by Crippen LogP contribution is 2.41. The molecule has 3 aromatic rings. The second-order valence-electron chi connectivity index (χ2n) is 8.48. The number of alkyl halides is 2. The summed E-state index contributed by atoms with van der Waals surface area (Å²) in [5.41, 5.74) is 5.46. The Kier molecular flexibility index (Phi) is 8.37. The van der Waals surface area contributed by atoms with E-state index < -0.39 is 0 Å². The van der Waals surface area contributed by atoms with Gasteiger partial charge < -0.3 is 9.64 Å². The van der Waals surface area contributed by atoms with Crippen LogP contribution in [-0.4, -0.2) is 7.11 Å². The van der Waals surface area contributed by atoms with E-state index in [9.17, 15) is 0 Å². The maximum Gasteiger partial charge on any atom is 0.120 e. The van der Waals surface area contributed by atoms with Gasteiger partial charge in [0.1, 0.15) is 5.75 Å². The van der Waals surface area contributed by atoms with Crippen LogP contribution < -0.4 is 9.64 Å².